The number of nitrogens with zero attached hydrogens (tertiary/aromatic N) is 2. The second-order valence-corrected chi connectivity index (χ2v) is 9.98. The maximum absolute atomic E-state index is 13.4. The van der Waals surface area contributed by atoms with Gasteiger partial charge < -0.3 is 15.3 Å². The molecule has 2 unspecified atom stereocenters. The summed E-state index contributed by atoms with van der Waals surface area (Å²) < 4.78 is 0. The van der Waals surface area contributed by atoms with Gasteiger partial charge in [-0.05, 0) is 45.4 Å². The quantitative estimate of drug-likeness (QED) is 0.419. The Morgan fingerprint density at radius 3 is 2.25 bits per heavy atom. The SMILES string of the molecule is C#CC(C)(C)N1CCCCC1C(=O)NC(C(=O)N(C)[C@H](/C=C(\C)C(=O)O)C(C)C)C(C)C. The molecule has 0 aromatic carbocycles. The monoisotopic (exact) mass is 447 g/mol. The summed E-state index contributed by atoms with van der Waals surface area (Å²) in [6.07, 6.45) is 9.94. The van der Waals surface area contributed by atoms with Gasteiger partial charge in [-0.15, -0.1) is 6.42 Å². The Morgan fingerprint density at radius 2 is 1.78 bits per heavy atom. The van der Waals surface area contributed by atoms with Crippen LogP contribution in [0.15, 0.2) is 11.6 Å². The minimum atomic E-state index is -1.02. The van der Waals surface area contributed by atoms with E-state index in [0.29, 0.717) is 6.42 Å². The van der Waals surface area contributed by atoms with Gasteiger partial charge in [-0.2, -0.15) is 0 Å². The molecule has 1 saturated heterocycles. The Hall–Kier alpha value is -2.33. The van der Waals surface area contributed by atoms with Crippen LogP contribution in [0.4, 0.5) is 0 Å². The highest BCUT2D eigenvalue weighted by molar-refractivity contribution is 5.90. The fraction of sp³-hybridized carbons (Fsp3) is 0.720. The zero-order valence-electron chi connectivity index (χ0n) is 20.9. The van der Waals surface area contributed by atoms with Crippen molar-refractivity contribution in [2.75, 3.05) is 13.6 Å². The Labute approximate surface area is 193 Å². The molecule has 180 valence electrons. The average Bonchev–Trinajstić information content (AvgIpc) is 2.73. The van der Waals surface area contributed by atoms with E-state index in [1.807, 2.05) is 46.4 Å². The van der Waals surface area contributed by atoms with E-state index in [2.05, 4.69) is 11.2 Å². The molecule has 0 bridgehead atoms. The van der Waals surface area contributed by atoms with Crippen molar-refractivity contribution in [3.05, 3.63) is 11.6 Å². The van der Waals surface area contributed by atoms with Crippen molar-refractivity contribution < 1.29 is 19.5 Å². The van der Waals surface area contributed by atoms with E-state index in [9.17, 15) is 19.5 Å². The normalized spacial score (nSPS) is 19.9. The van der Waals surface area contributed by atoms with Crippen LogP contribution in [0.25, 0.3) is 0 Å². The number of carbonyl (C=O) groups is 3. The number of terminal acetylenes is 1. The molecule has 7 heteroatoms. The highest BCUT2D eigenvalue weighted by atomic mass is 16.4. The first-order valence-corrected chi connectivity index (χ1v) is 11.5. The van der Waals surface area contributed by atoms with E-state index in [1.165, 1.54) is 6.92 Å². The molecular weight excluding hydrogens is 406 g/mol. The van der Waals surface area contributed by atoms with Crippen molar-refractivity contribution in [1.82, 2.24) is 15.1 Å². The molecule has 1 fully saturated rings. The molecule has 7 nitrogen and oxygen atoms in total. The molecule has 32 heavy (non-hydrogen) atoms. The number of amides is 2. The number of carboxylic acid groups (broad SMARTS) is 1. The highest BCUT2D eigenvalue weighted by Crippen LogP contribution is 2.26. The lowest BCUT2D eigenvalue weighted by Crippen LogP contribution is -2.61. The molecule has 2 N–H and O–H groups in total. The maximum Gasteiger partial charge on any atom is 0.331 e. The van der Waals surface area contributed by atoms with Gasteiger partial charge in [-0.3, -0.25) is 14.5 Å². The number of nitrogens with one attached hydrogen (secondary N) is 1. The van der Waals surface area contributed by atoms with Gasteiger partial charge in [0.15, 0.2) is 0 Å². The van der Waals surface area contributed by atoms with E-state index in [4.69, 9.17) is 6.42 Å². The molecule has 1 heterocycles. The minimum Gasteiger partial charge on any atom is -0.478 e. The zero-order chi connectivity index (χ0) is 24.8. The Balaban J connectivity index is 3.13. The number of likely N-dealkylation sites (N-methyl/N-ethyl adjacent to an activating group) is 1. The predicted molar refractivity (Wildman–Crippen MR) is 127 cm³/mol. The minimum absolute atomic E-state index is 0.00651. The topological polar surface area (TPSA) is 90.0 Å². The first kappa shape index (κ1) is 27.7. The standard InChI is InChI=1S/C25H41N3O4/c1-10-25(7,8)28-14-12-11-13-19(28)22(29)26-21(17(4)5)23(30)27(9)20(16(2)3)15-18(6)24(31)32/h1,15-17,19-21H,11-14H2,2-9H3,(H,26,29)(H,31,32)/b18-15+/t19?,20-,21?/m1/s1. The van der Waals surface area contributed by atoms with Gasteiger partial charge in [0.05, 0.1) is 17.6 Å². The largest absolute Gasteiger partial charge is 0.478 e. The molecule has 0 aliphatic carbocycles. The second kappa shape index (κ2) is 11.5. The summed E-state index contributed by atoms with van der Waals surface area (Å²) in [6, 6.07) is -1.50. The summed E-state index contributed by atoms with van der Waals surface area (Å²) in [6.45, 7) is 13.8. The van der Waals surface area contributed by atoms with Gasteiger partial charge in [-0.1, -0.05) is 46.1 Å². The van der Waals surface area contributed by atoms with Crippen LogP contribution in [0.2, 0.25) is 0 Å². The van der Waals surface area contributed by atoms with Crippen LogP contribution in [0.3, 0.4) is 0 Å². The number of carbonyl (C=O) groups excluding carboxylic acids is 2. The molecule has 0 spiro atoms. The van der Waals surface area contributed by atoms with Crippen LogP contribution in [0, 0.1) is 24.2 Å². The van der Waals surface area contributed by atoms with Crippen LogP contribution < -0.4 is 5.32 Å². The number of piperidine rings is 1. The number of carboxylic acids is 1. The molecule has 3 atom stereocenters. The van der Waals surface area contributed by atoms with Crippen LogP contribution in [0.1, 0.15) is 67.7 Å². The first-order valence-electron chi connectivity index (χ1n) is 11.5. The molecule has 1 aliphatic rings. The summed E-state index contributed by atoms with van der Waals surface area (Å²) in [5, 5.41) is 12.2. The fourth-order valence-electron chi connectivity index (χ4n) is 4.16. The van der Waals surface area contributed by atoms with E-state index >= 15 is 0 Å². The molecule has 0 aromatic heterocycles. The molecule has 0 radical (unpaired) electrons. The third kappa shape index (κ3) is 6.83. The van der Waals surface area contributed by atoms with Gasteiger partial charge in [0, 0.05) is 19.2 Å². The lowest BCUT2D eigenvalue weighted by atomic mass is 9.92. The van der Waals surface area contributed by atoms with Crippen molar-refractivity contribution in [1.29, 1.82) is 0 Å². The van der Waals surface area contributed by atoms with Crippen molar-refractivity contribution in [3.8, 4) is 12.3 Å². The molecule has 0 aromatic rings. The van der Waals surface area contributed by atoms with Gasteiger partial charge in [-0.25, -0.2) is 4.79 Å². The number of hydrogen-bond donors (Lipinski definition) is 2. The number of rotatable bonds is 9. The second-order valence-electron chi connectivity index (χ2n) is 9.98. The summed E-state index contributed by atoms with van der Waals surface area (Å²) in [5.41, 5.74) is -0.374. The van der Waals surface area contributed by atoms with Gasteiger partial charge in [0.1, 0.15) is 6.04 Å². The van der Waals surface area contributed by atoms with Crippen LogP contribution in [-0.2, 0) is 14.4 Å². The lowest BCUT2D eigenvalue weighted by Gasteiger charge is -2.43. The molecular formula is C25H41N3O4. The Kier molecular flexibility index (Phi) is 9.96. The fourth-order valence-corrected chi connectivity index (χ4v) is 4.16. The first-order chi connectivity index (χ1) is 14.7. The molecule has 2 amide bonds. The van der Waals surface area contributed by atoms with E-state index in [1.54, 1.807) is 18.0 Å². The van der Waals surface area contributed by atoms with Gasteiger partial charge in [0.2, 0.25) is 11.8 Å². The van der Waals surface area contributed by atoms with Crippen LogP contribution >= 0.6 is 0 Å². The van der Waals surface area contributed by atoms with Gasteiger partial charge in [0.25, 0.3) is 0 Å². The number of aliphatic carboxylic acids is 1. The molecule has 1 aliphatic heterocycles. The van der Waals surface area contributed by atoms with E-state index in [-0.39, 0.29) is 35.3 Å². The lowest BCUT2D eigenvalue weighted by molar-refractivity contribution is -0.140. The maximum atomic E-state index is 13.4. The molecule has 1 rings (SSSR count). The van der Waals surface area contributed by atoms with Crippen molar-refractivity contribution in [2.45, 2.75) is 91.4 Å². The van der Waals surface area contributed by atoms with Crippen molar-refractivity contribution in [2.24, 2.45) is 11.8 Å². The zero-order valence-corrected chi connectivity index (χ0v) is 20.9. The smallest absolute Gasteiger partial charge is 0.331 e. The average molecular weight is 448 g/mol. The number of likely N-dealkylation sites (tertiary alicyclic amines) is 1. The Morgan fingerprint density at radius 1 is 1.19 bits per heavy atom. The highest BCUT2D eigenvalue weighted by Gasteiger charge is 2.39. The molecule has 0 saturated carbocycles. The summed E-state index contributed by atoms with van der Waals surface area (Å²) in [5.74, 6) is 1.22. The summed E-state index contributed by atoms with van der Waals surface area (Å²) >= 11 is 0. The van der Waals surface area contributed by atoms with Crippen LogP contribution in [0.5, 0.6) is 0 Å². The van der Waals surface area contributed by atoms with Crippen molar-refractivity contribution in [3.63, 3.8) is 0 Å². The third-order valence-electron chi connectivity index (χ3n) is 6.34. The summed E-state index contributed by atoms with van der Waals surface area (Å²) in [7, 11) is 1.66. The van der Waals surface area contributed by atoms with Gasteiger partial charge >= 0.3 is 5.97 Å². The van der Waals surface area contributed by atoms with Crippen molar-refractivity contribution >= 4 is 17.8 Å². The summed E-state index contributed by atoms with van der Waals surface area (Å²) in [4.78, 5) is 41.6. The van der Waals surface area contributed by atoms with E-state index in [0.717, 1.165) is 19.4 Å². The predicted octanol–water partition coefficient (Wildman–Crippen LogP) is 2.91. The van der Waals surface area contributed by atoms with Crippen LogP contribution in [-0.4, -0.2) is 69.9 Å². The Bertz CT molecular complexity index is 764. The third-order valence-corrected chi connectivity index (χ3v) is 6.34. The van der Waals surface area contributed by atoms with E-state index < -0.39 is 23.6 Å². The number of hydrogen-bond acceptors (Lipinski definition) is 4.